The second-order valence-corrected chi connectivity index (χ2v) is 3.86. The molecule has 2 rings (SSSR count). The van der Waals surface area contributed by atoms with Gasteiger partial charge < -0.3 is 20.4 Å². The van der Waals surface area contributed by atoms with E-state index >= 15 is 0 Å². The lowest BCUT2D eigenvalue weighted by molar-refractivity contribution is -0.109. The van der Waals surface area contributed by atoms with Crippen LogP contribution in [0.1, 0.15) is 19.3 Å². The van der Waals surface area contributed by atoms with E-state index in [1.54, 1.807) is 4.90 Å². The molecule has 1 aromatic heterocycles. The number of rotatable bonds is 2. The zero-order valence-electron chi connectivity index (χ0n) is 8.85. The first-order valence-electron chi connectivity index (χ1n) is 5.29. The highest BCUT2D eigenvalue weighted by atomic mass is 16.1. The molecule has 3 N–H and O–H groups in total. The third-order valence-electron chi connectivity index (χ3n) is 2.85. The highest BCUT2D eigenvalue weighted by Gasteiger charge is 2.25. The lowest BCUT2D eigenvalue weighted by atomic mass is 10.0. The van der Waals surface area contributed by atoms with Crippen molar-refractivity contribution in [2.75, 3.05) is 17.2 Å². The molecule has 86 valence electrons. The molecule has 1 unspecified atom stereocenters. The van der Waals surface area contributed by atoms with Crippen molar-refractivity contribution >= 4 is 17.8 Å². The Hall–Kier alpha value is -1.85. The van der Waals surface area contributed by atoms with E-state index in [1.807, 2.05) is 0 Å². The summed E-state index contributed by atoms with van der Waals surface area (Å²) >= 11 is 0. The third kappa shape index (κ3) is 1.78. The van der Waals surface area contributed by atoms with Crippen molar-refractivity contribution in [2.45, 2.75) is 25.3 Å². The Morgan fingerprint density at radius 1 is 1.56 bits per heavy atom. The summed E-state index contributed by atoms with van der Waals surface area (Å²) < 4.78 is 0. The van der Waals surface area contributed by atoms with Crippen LogP contribution < -0.4 is 16.2 Å². The second-order valence-electron chi connectivity index (χ2n) is 3.86. The lowest BCUT2D eigenvalue weighted by Crippen LogP contribution is -2.42. The summed E-state index contributed by atoms with van der Waals surface area (Å²) in [6, 6.07) is -0.217. The highest BCUT2D eigenvalue weighted by Crippen LogP contribution is 2.24. The molecule has 16 heavy (non-hydrogen) atoms. The SMILES string of the molecule is Nc1c(N2CCCCC2C=O)nc[nH]c1=O. The minimum absolute atomic E-state index is 0.0799. The van der Waals surface area contributed by atoms with E-state index < -0.39 is 0 Å². The van der Waals surface area contributed by atoms with Crippen LogP contribution >= 0.6 is 0 Å². The molecule has 0 radical (unpaired) electrons. The number of piperidine rings is 1. The van der Waals surface area contributed by atoms with Gasteiger partial charge >= 0.3 is 0 Å². The summed E-state index contributed by atoms with van der Waals surface area (Å²) in [6.45, 7) is 0.712. The molecule has 1 fully saturated rings. The minimum atomic E-state index is -0.361. The number of nitrogens with zero attached hydrogens (tertiary/aromatic N) is 2. The summed E-state index contributed by atoms with van der Waals surface area (Å²) in [5, 5.41) is 0. The topological polar surface area (TPSA) is 92.1 Å². The summed E-state index contributed by atoms with van der Waals surface area (Å²) in [4.78, 5) is 30.5. The molecule has 6 nitrogen and oxygen atoms in total. The van der Waals surface area contributed by atoms with Gasteiger partial charge in [0.1, 0.15) is 12.0 Å². The molecule has 1 saturated heterocycles. The van der Waals surface area contributed by atoms with Gasteiger partial charge in [-0.1, -0.05) is 0 Å². The largest absolute Gasteiger partial charge is 0.391 e. The summed E-state index contributed by atoms with van der Waals surface area (Å²) in [5.41, 5.74) is 5.39. The smallest absolute Gasteiger partial charge is 0.276 e. The molecule has 1 aliphatic rings. The monoisotopic (exact) mass is 222 g/mol. The molecular formula is C10H14N4O2. The van der Waals surface area contributed by atoms with Gasteiger partial charge in [0.2, 0.25) is 0 Å². The van der Waals surface area contributed by atoms with Gasteiger partial charge in [-0.2, -0.15) is 0 Å². The number of nitrogens with two attached hydrogens (primary N) is 1. The third-order valence-corrected chi connectivity index (χ3v) is 2.85. The molecule has 6 heteroatoms. The van der Waals surface area contributed by atoms with E-state index in [9.17, 15) is 9.59 Å². The quantitative estimate of drug-likeness (QED) is 0.682. The fourth-order valence-corrected chi connectivity index (χ4v) is 1.99. The van der Waals surface area contributed by atoms with Crippen LogP contribution in [0.3, 0.4) is 0 Å². The summed E-state index contributed by atoms with van der Waals surface area (Å²) in [7, 11) is 0. The number of anilines is 2. The fraction of sp³-hybridized carbons (Fsp3) is 0.500. The Bertz CT molecular complexity index is 443. The number of hydrogen-bond donors (Lipinski definition) is 2. The van der Waals surface area contributed by atoms with Gasteiger partial charge in [-0.15, -0.1) is 0 Å². The first-order chi connectivity index (χ1) is 7.74. The number of nitrogen functional groups attached to an aromatic ring is 1. The van der Waals surface area contributed by atoms with E-state index in [2.05, 4.69) is 9.97 Å². The molecular weight excluding hydrogens is 208 g/mol. The van der Waals surface area contributed by atoms with Crippen molar-refractivity contribution in [2.24, 2.45) is 0 Å². The molecule has 1 atom stereocenters. The van der Waals surface area contributed by atoms with Crippen LogP contribution in [0.5, 0.6) is 0 Å². The molecule has 0 amide bonds. The highest BCUT2D eigenvalue weighted by molar-refractivity contribution is 5.70. The van der Waals surface area contributed by atoms with Gasteiger partial charge in [-0.05, 0) is 19.3 Å². The summed E-state index contributed by atoms with van der Waals surface area (Å²) in [5.74, 6) is 0.417. The Morgan fingerprint density at radius 2 is 2.38 bits per heavy atom. The normalized spacial score (nSPS) is 20.8. The van der Waals surface area contributed by atoms with Crippen LogP contribution in [-0.2, 0) is 4.79 Å². The van der Waals surface area contributed by atoms with Crippen LogP contribution in [-0.4, -0.2) is 28.8 Å². The average molecular weight is 222 g/mol. The first-order valence-corrected chi connectivity index (χ1v) is 5.29. The van der Waals surface area contributed by atoms with Gasteiger partial charge in [0.25, 0.3) is 5.56 Å². The van der Waals surface area contributed by atoms with Crippen molar-refractivity contribution < 1.29 is 4.79 Å². The Labute approximate surface area is 92.5 Å². The molecule has 0 aliphatic carbocycles. The molecule has 0 saturated carbocycles. The molecule has 2 heterocycles. The molecule has 1 aromatic rings. The predicted octanol–water partition coefficient (Wildman–Crippen LogP) is -0.0901. The Kier molecular flexibility index (Phi) is 2.89. The number of aromatic nitrogens is 2. The maximum atomic E-state index is 11.3. The number of aldehydes is 1. The molecule has 0 bridgehead atoms. The fourth-order valence-electron chi connectivity index (χ4n) is 1.99. The number of hydrogen-bond acceptors (Lipinski definition) is 5. The maximum absolute atomic E-state index is 11.3. The van der Waals surface area contributed by atoms with Gasteiger partial charge in [-0.3, -0.25) is 4.79 Å². The van der Waals surface area contributed by atoms with E-state index in [0.29, 0.717) is 12.4 Å². The van der Waals surface area contributed by atoms with Crippen LogP contribution in [0.4, 0.5) is 11.5 Å². The van der Waals surface area contributed by atoms with Gasteiger partial charge in [0.15, 0.2) is 5.82 Å². The van der Waals surface area contributed by atoms with Gasteiger partial charge in [0, 0.05) is 6.54 Å². The minimum Gasteiger partial charge on any atom is -0.391 e. The van der Waals surface area contributed by atoms with Crippen molar-refractivity contribution in [1.82, 2.24) is 9.97 Å². The van der Waals surface area contributed by atoms with Gasteiger partial charge in [0.05, 0.1) is 12.4 Å². The Balaban J connectivity index is 2.38. The van der Waals surface area contributed by atoms with E-state index in [1.165, 1.54) is 6.33 Å². The van der Waals surface area contributed by atoms with E-state index in [-0.39, 0.29) is 17.3 Å². The maximum Gasteiger partial charge on any atom is 0.276 e. The second kappa shape index (κ2) is 4.34. The van der Waals surface area contributed by atoms with Gasteiger partial charge in [-0.25, -0.2) is 4.98 Å². The van der Waals surface area contributed by atoms with E-state index in [0.717, 1.165) is 25.5 Å². The van der Waals surface area contributed by atoms with Crippen LogP contribution in [0.25, 0.3) is 0 Å². The average Bonchev–Trinajstić information content (AvgIpc) is 2.33. The summed E-state index contributed by atoms with van der Waals surface area (Å²) in [6.07, 6.45) is 4.99. The first kappa shape index (κ1) is 10.7. The number of aromatic amines is 1. The van der Waals surface area contributed by atoms with E-state index in [4.69, 9.17) is 5.73 Å². The predicted molar refractivity (Wildman–Crippen MR) is 60.3 cm³/mol. The standard InChI is InChI=1S/C10H14N4O2/c11-8-9(12-6-13-10(8)16)14-4-2-1-3-7(14)5-15/h5-7H,1-4,11H2,(H,12,13,16). The zero-order valence-corrected chi connectivity index (χ0v) is 8.85. The lowest BCUT2D eigenvalue weighted by Gasteiger charge is -2.33. The zero-order chi connectivity index (χ0) is 11.5. The Morgan fingerprint density at radius 3 is 3.12 bits per heavy atom. The van der Waals surface area contributed by atoms with Crippen molar-refractivity contribution in [3.05, 3.63) is 16.7 Å². The number of carbonyl (C=O) groups is 1. The number of H-pyrrole nitrogens is 1. The number of nitrogens with one attached hydrogen (secondary N) is 1. The number of carbonyl (C=O) groups excluding carboxylic acids is 1. The molecule has 0 aromatic carbocycles. The molecule has 0 spiro atoms. The molecule has 1 aliphatic heterocycles. The van der Waals surface area contributed by atoms with Crippen LogP contribution in [0, 0.1) is 0 Å². The van der Waals surface area contributed by atoms with Crippen molar-refractivity contribution in [3.63, 3.8) is 0 Å². The van der Waals surface area contributed by atoms with Crippen LogP contribution in [0.15, 0.2) is 11.1 Å². The van der Waals surface area contributed by atoms with Crippen LogP contribution in [0.2, 0.25) is 0 Å². The van der Waals surface area contributed by atoms with Crippen molar-refractivity contribution in [1.29, 1.82) is 0 Å². The van der Waals surface area contributed by atoms with Crippen molar-refractivity contribution in [3.8, 4) is 0 Å².